The van der Waals surface area contributed by atoms with Crippen LogP contribution in [0.4, 0.5) is 10.6 Å². The molecule has 3 N–H and O–H groups in total. The van der Waals surface area contributed by atoms with Gasteiger partial charge in [-0.25, -0.2) is 4.79 Å². The maximum absolute atomic E-state index is 12.2. The Balaban J connectivity index is 1.72. The molecule has 1 aromatic heterocycles. The number of urea groups is 1. The van der Waals surface area contributed by atoms with Crippen LogP contribution in [-0.2, 0) is 13.1 Å². The second-order valence-electron chi connectivity index (χ2n) is 5.04. The fourth-order valence-corrected chi connectivity index (χ4v) is 2.42. The molecule has 1 aliphatic rings. The molecule has 7 nitrogen and oxygen atoms in total. The molecule has 7 heteroatoms. The molecule has 1 aromatic carbocycles. The Bertz CT molecular complexity index is 695. The van der Waals surface area contributed by atoms with Crippen LogP contribution in [-0.4, -0.2) is 33.6 Å². The highest BCUT2D eigenvalue weighted by Crippen LogP contribution is 2.27. The van der Waals surface area contributed by atoms with Crippen LogP contribution in [0.5, 0.6) is 0 Å². The number of H-pyrrole nitrogens is 1. The molecule has 2 aromatic rings. The van der Waals surface area contributed by atoms with Crippen molar-refractivity contribution in [1.82, 2.24) is 20.4 Å². The summed E-state index contributed by atoms with van der Waals surface area (Å²) in [5.41, 5.74) is 2.28. The van der Waals surface area contributed by atoms with Crippen molar-refractivity contribution in [3.8, 4) is 0 Å². The van der Waals surface area contributed by atoms with Crippen molar-refractivity contribution in [2.24, 2.45) is 0 Å². The topological polar surface area (TPSA) is 90.1 Å². The average Bonchev–Trinajstić information content (AvgIpc) is 3.10. The number of carbonyl (C=O) groups is 2. The van der Waals surface area contributed by atoms with E-state index < -0.39 is 0 Å². The van der Waals surface area contributed by atoms with Gasteiger partial charge in [-0.3, -0.25) is 9.89 Å². The Hall–Kier alpha value is -2.83. The quantitative estimate of drug-likeness (QED) is 0.806. The third-order valence-electron chi connectivity index (χ3n) is 3.53. The Kier molecular flexibility index (Phi) is 3.78. The third-order valence-corrected chi connectivity index (χ3v) is 3.53. The highest BCUT2D eigenvalue weighted by atomic mass is 16.2. The molecular weight excluding hydrogens is 282 g/mol. The summed E-state index contributed by atoms with van der Waals surface area (Å²) in [6.07, 6.45) is 0. The first-order chi connectivity index (χ1) is 10.7. The van der Waals surface area contributed by atoms with E-state index in [1.165, 1.54) is 0 Å². The molecule has 22 heavy (non-hydrogen) atoms. The van der Waals surface area contributed by atoms with E-state index in [9.17, 15) is 9.59 Å². The lowest BCUT2D eigenvalue weighted by molar-refractivity contribution is 0.102. The number of aromatic amines is 1. The predicted octanol–water partition coefficient (Wildman–Crippen LogP) is 1.71. The van der Waals surface area contributed by atoms with Gasteiger partial charge in [0, 0.05) is 17.7 Å². The van der Waals surface area contributed by atoms with E-state index in [2.05, 4.69) is 20.8 Å². The van der Waals surface area contributed by atoms with Crippen molar-refractivity contribution in [2.75, 3.05) is 11.9 Å². The lowest BCUT2D eigenvalue weighted by Gasteiger charge is -2.15. The van der Waals surface area contributed by atoms with E-state index in [1.807, 2.05) is 13.0 Å². The first-order valence-electron chi connectivity index (χ1n) is 7.14. The van der Waals surface area contributed by atoms with Crippen LogP contribution in [0, 0.1) is 0 Å². The summed E-state index contributed by atoms with van der Waals surface area (Å²) < 4.78 is 0. The van der Waals surface area contributed by atoms with Gasteiger partial charge in [-0.2, -0.15) is 5.10 Å². The van der Waals surface area contributed by atoms with Gasteiger partial charge in [0.15, 0.2) is 5.82 Å². The number of aromatic nitrogens is 2. The molecule has 0 aliphatic carbocycles. The van der Waals surface area contributed by atoms with Crippen molar-refractivity contribution in [3.05, 3.63) is 47.2 Å². The molecule has 0 bridgehead atoms. The lowest BCUT2D eigenvalue weighted by atomic mass is 10.2. The molecule has 0 unspecified atom stereocenters. The number of hydrogen-bond donors (Lipinski definition) is 3. The van der Waals surface area contributed by atoms with Crippen molar-refractivity contribution < 1.29 is 9.59 Å². The third kappa shape index (κ3) is 2.65. The van der Waals surface area contributed by atoms with Crippen LogP contribution < -0.4 is 10.6 Å². The molecule has 0 fully saturated rings. The van der Waals surface area contributed by atoms with Crippen LogP contribution in [0.15, 0.2) is 30.3 Å². The number of carbonyl (C=O) groups excluding carboxylic acids is 2. The first-order valence-corrected chi connectivity index (χ1v) is 7.14. The minimum atomic E-state index is -0.216. The van der Waals surface area contributed by atoms with E-state index in [0.29, 0.717) is 31.0 Å². The molecule has 0 radical (unpaired) electrons. The zero-order chi connectivity index (χ0) is 15.5. The molecule has 0 atom stereocenters. The lowest BCUT2D eigenvalue weighted by Crippen LogP contribution is -2.36. The minimum absolute atomic E-state index is 0.118. The summed E-state index contributed by atoms with van der Waals surface area (Å²) in [5, 5.41) is 12.6. The van der Waals surface area contributed by atoms with E-state index in [0.717, 1.165) is 11.3 Å². The number of nitrogens with one attached hydrogen (secondary N) is 3. The Morgan fingerprint density at radius 2 is 2.05 bits per heavy atom. The normalized spacial score (nSPS) is 12.9. The largest absolute Gasteiger partial charge is 0.338 e. The van der Waals surface area contributed by atoms with Crippen LogP contribution in [0.2, 0.25) is 0 Å². The van der Waals surface area contributed by atoms with Crippen LogP contribution in [0.3, 0.4) is 0 Å². The van der Waals surface area contributed by atoms with Crippen molar-refractivity contribution in [2.45, 2.75) is 20.0 Å². The second-order valence-corrected chi connectivity index (χ2v) is 5.04. The Morgan fingerprint density at radius 1 is 1.27 bits per heavy atom. The molecular formula is C15H17N5O2. The number of benzene rings is 1. The van der Waals surface area contributed by atoms with Gasteiger partial charge in [0.25, 0.3) is 5.91 Å². The summed E-state index contributed by atoms with van der Waals surface area (Å²) in [5.74, 6) is 0.266. The van der Waals surface area contributed by atoms with Gasteiger partial charge in [0.2, 0.25) is 0 Å². The van der Waals surface area contributed by atoms with Gasteiger partial charge in [-0.15, -0.1) is 0 Å². The summed E-state index contributed by atoms with van der Waals surface area (Å²) in [7, 11) is 0. The summed E-state index contributed by atoms with van der Waals surface area (Å²) in [4.78, 5) is 25.7. The molecule has 1 aliphatic heterocycles. The van der Waals surface area contributed by atoms with Crippen LogP contribution in [0.25, 0.3) is 0 Å². The maximum atomic E-state index is 12.2. The number of nitrogens with zero attached hydrogens (tertiary/aromatic N) is 2. The monoisotopic (exact) mass is 299 g/mol. The van der Waals surface area contributed by atoms with Crippen molar-refractivity contribution >= 4 is 17.8 Å². The molecule has 0 saturated carbocycles. The smallest absolute Gasteiger partial charge is 0.318 e. The zero-order valence-corrected chi connectivity index (χ0v) is 12.2. The van der Waals surface area contributed by atoms with E-state index in [1.54, 1.807) is 29.2 Å². The first kappa shape index (κ1) is 14.1. The van der Waals surface area contributed by atoms with Gasteiger partial charge in [-0.1, -0.05) is 18.2 Å². The van der Waals surface area contributed by atoms with Crippen molar-refractivity contribution in [3.63, 3.8) is 0 Å². The molecule has 0 spiro atoms. The molecule has 3 rings (SSSR count). The fourth-order valence-electron chi connectivity index (χ4n) is 2.42. The molecule has 2 heterocycles. The number of rotatable bonds is 3. The summed E-state index contributed by atoms with van der Waals surface area (Å²) in [6.45, 7) is 3.36. The predicted molar refractivity (Wildman–Crippen MR) is 81.3 cm³/mol. The number of fused-ring (bicyclic) bond motifs is 1. The van der Waals surface area contributed by atoms with Crippen LogP contribution >= 0.6 is 0 Å². The standard InChI is InChI=1S/C15H17N5O2/c1-2-16-15(22)20-8-11-12(9-20)18-19-13(11)17-14(21)10-6-4-3-5-7-10/h3-7H,2,8-9H2,1H3,(H,16,22)(H2,17,18,19,21). The zero-order valence-electron chi connectivity index (χ0n) is 12.2. The van der Waals surface area contributed by atoms with Crippen LogP contribution in [0.1, 0.15) is 28.5 Å². The summed E-state index contributed by atoms with van der Waals surface area (Å²) in [6, 6.07) is 8.83. The van der Waals surface area contributed by atoms with Gasteiger partial charge in [-0.05, 0) is 19.1 Å². The second kappa shape index (κ2) is 5.88. The SMILES string of the molecule is CCNC(=O)N1Cc2[nH]nc(NC(=O)c3ccccc3)c2C1. The number of amides is 3. The van der Waals surface area contributed by atoms with E-state index in [-0.39, 0.29) is 11.9 Å². The minimum Gasteiger partial charge on any atom is -0.338 e. The highest BCUT2D eigenvalue weighted by molar-refractivity contribution is 6.04. The molecule has 3 amide bonds. The number of anilines is 1. The Morgan fingerprint density at radius 3 is 2.77 bits per heavy atom. The van der Waals surface area contributed by atoms with Crippen molar-refractivity contribution in [1.29, 1.82) is 0 Å². The van der Waals surface area contributed by atoms with Gasteiger partial charge < -0.3 is 15.5 Å². The fraction of sp³-hybridized carbons (Fsp3) is 0.267. The summed E-state index contributed by atoms with van der Waals surface area (Å²) >= 11 is 0. The maximum Gasteiger partial charge on any atom is 0.318 e. The van der Waals surface area contributed by atoms with E-state index in [4.69, 9.17) is 0 Å². The number of hydrogen-bond acceptors (Lipinski definition) is 3. The van der Waals surface area contributed by atoms with Gasteiger partial charge in [0.1, 0.15) is 0 Å². The molecule has 114 valence electrons. The highest BCUT2D eigenvalue weighted by Gasteiger charge is 2.28. The van der Waals surface area contributed by atoms with Gasteiger partial charge in [0.05, 0.1) is 18.8 Å². The van der Waals surface area contributed by atoms with E-state index >= 15 is 0 Å². The average molecular weight is 299 g/mol. The van der Waals surface area contributed by atoms with Gasteiger partial charge >= 0.3 is 6.03 Å². The Labute approximate surface area is 127 Å². The molecule has 0 saturated heterocycles.